The van der Waals surface area contributed by atoms with Gasteiger partial charge in [-0.2, -0.15) is 5.26 Å². The highest BCUT2D eigenvalue weighted by atomic mass is 127. The van der Waals surface area contributed by atoms with Crippen molar-refractivity contribution in [1.82, 2.24) is 0 Å². The van der Waals surface area contributed by atoms with Crippen molar-refractivity contribution >= 4 is 28.3 Å². The van der Waals surface area contributed by atoms with Crippen LogP contribution < -0.4 is 5.32 Å². The number of nitriles is 1. The van der Waals surface area contributed by atoms with Crippen molar-refractivity contribution in [2.24, 2.45) is 5.41 Å². The molecule has 0 spiro atoms. The van der Waals surface area contributed by atoms with Gasteiger partial charge in [-0.1, -0.05) is 13.8 Å². The SMILES string of the molecule is CC(C)(CCC#N)CNc1ccc(I)cc1. The first kappa shape index (κ1) is 13.3. The maximum atomic E-state index is 8.57. The van der Waals surface area contributed by atoms with E-state index < -0.39 is 0 Å². The lowest BCUT2D eigenvalue weighted by Gasteiger charge is -2.24. The van der Waals surface area contributed by atoms with Crippen molar-refractivity contribution in [1.29, 1.82) is 5.26 Å². The van der Waals surface area contributed by atoms with Crippen molar-refractivity contribution in [3.8, 4) is 6.07 Å². The van der Waals surface area contributed by atoms with Gasteiger partial charge in [0.25, 0.3) is 0 Å². The minimum Gasteiger partial charge on any atom is -0.385 e. The largest absolute Gasteiger partial charge is 0.385 e. The molecule has 1 aromatic carbocycles. The van der Waals surface area contributed by atoms with E-state index in [0.717, 1.165) is 18.7 Å². The lowest BCUT2D eigenvalue weighted by atomic mass is 9.88. The van der Waals surface area contributed by atoms with Gasteiger partial charge in [-0.25, -0.2) is 0 Å². The zero-order valence-corrected chi connectivity index (χ0v) is 11.9. The maximum Gasteiger partial charge on any atom is 0.0621 e. The summed E-state index contributed by atoms with van der Waals surface area (Å²) in [5.41, 5.74) is 1.31. The highest BCUT2D eigenvalue weighted by Gasteiger charge is 2.16. The van der Waals surface area contributed by atoms with E-state index in [9.17, 15) is 0 Å². The van der Waals surface area contributed by atoms with E-state index in [1.54, 1.807) is 0 Å². The normalized spacial score (nSPS) is 10.9. The summed E-state index contributed by atoms with van der Waals surface area (Å²) < 4.78 is 1.24. The summed E-state index contributed by atoms with van der Waals surface area (Å²) >= 11 is 2.30. The Labute approximate surface area is 111 Å². The number of rotatable bonds is 5. The van der Waals surface area contributed by atoms with Crippen LogP contribution in [0.5, 0.6) is 0 Å². The van der Waals surface area contributed by atoms with Crippen molar-refractivity contribution in [2.45, 2.75) is 26.7 Å². The third-order valence-corrected chi connectivity index (χ3v) is 3.25. The van der Waals surface area contributed by atoms with Crippen molar-refractivity contribution in [2.75, 3.05) is 11.9 Å². The third kappa shape index (κ3) is 4.84. The second-order valence-electron chi connectivity index (χ2n) is 4.68. The van der Waals surface area contributed by atoms with Gasteiger partial charge in [-0.05, 0) is 58.7 Å². The maximum absolute atomic E-state index is 8.57. The molecule has 0 bridgehead atoms. The Morgan fingerprint density at radius 3 is 2.50 bits per heavy atom. The number of nitrogens with one attached hydrogen (secondary N) is 1. The number of anilines is 1. The molecule has 0 heterocycles. The van der Waals surface area contributed by atoms with E-state index in [1.807, 2.05) is 0 Å². The molecule has 1 aromatic rings. The number of benzene rings is 1. The average molecular weight is 328 g/mol. The molecule has 2 nitrogen and oxygen atoms in total. The topological polar surface area (TPSA) is 35.8 Å². The molecule has 1 N–H and O–H groups in total. The molecule has 0 atom stereocenters. The second kappa shape index (κ2) is 6.09. The predicted octanol–water partition coefficient (Wildman–Crippen LogP) is 4.03. The van der Waals surface area contributed by atoms with Gasteiger partial charge < -0.3 is 5.32 Å². The lowest BCUT2D eigenvalue weighted by Crippen LogP contribution is -2.22. The van der Waals surface area contributed by atoms with E-state index in [1.165, 1.54) is 3.57 Å². The third-order valence-electron chi connectivity index (χ3n) is 2.53. The Morgan fingerprint density at radius 2 is 1.94 bits per heavy atom. The van der Waals surface area contributed by atoms with Crippen LogP contribution in [0, 0.1) is 20.3 Å². The van der Waals surface area contributed by atoms with Crippen molar-refractivity contribution in [3.63, 3.8) is 0 Å². The first-order valence-corrected chi connectivity index (χ1v) is 6.48. The lowest BCUT2D eigenvalue weighted by molar-refractivity contribution is 0.364. The second-order valence-corrected chi connectivity index (χ2v) is 5.93. The fourth-order valence-corrected chi connectivity index (χ4v) is 1.75. The van der Waals surface area contributed by atoms with Gasteiger partial charge in [0.2, 0.25) is 0 Å². The summed E-state index contributed by atoms with van der Waals surface area (Å²) in [5, 5.41) is 12.0. The van der Waals surface area contributed by atoms with Gasteiger partial charge >= 0.3 is 0 Å². The van der Waals surface area contributed by atoms with Gasteiger partial charge in [-0.3, -0.25) is 0 Å². The number of halogens is 1. The summed E-state index contributed by atoms with van der Waals surface area (Å²) in [7, 11) is 0. The molecular weight excluding hydrogens is 311 g/mol. The van der Waals surface area contributed by atoms with E-state index in [0.29, 0.717) is 6.42 Å². The fraction of sp³-hybridized carbons (Fsp3) is 0.462. The van der Waals surface area contributed by atoms with Gasteiger partial charge in [0.1, 0.15) is 0 Å². The van der Waals surface area contributed by atoms with Gasteiger partial charge in [0, 0.05) is 22.2 Å². The fourth-order valence-electron chi connectivity index (χ4n) is 1.39. The van der Waals surface area contributed by atoms with Gasteiger partial charge in [0.15, 0.2) is 0 Å². The van der Waals surface area contributed by atoms with Crippen molar-refractivity contribution in [3.05, 3.63) is 27.8 Å². The summed E-state index contributed by atoms with van der Waals surface area (Å²) in [4.78, 5) is 0. The summed E-state index contributed by atoms with van der Waals surface area (Å²) in [6.45, 7) is 5.27. The smallest absolute Gasteiger partial charge is 0.0621 e. The van der Waals surface area contributed by atoms with Crippen LogP contribution >= 0.6 is 22.6 Å². The molecule has 0 aromatic heterocycles. The number of nitrogens with zero attached hydrogens (tertiary/aromatic N) is 1. The van der Waals surface area contributed by atoms with Crippen LogP contribution in [0.1, 0.15) is 26.7 Å². The molecule has 0 saturated heterocycles. The summed E-state index contributed by atoms with van der Waals surface area (Å²) in [6.07, 6.45) is 1.56. The molecular formula is C13H17IN2. The monoisotopic (exact) mass is 328 g/mol. The Balaban J connectivity index is 2.45. The van der Waals surface area contributed by atoms with Crippen LogP contribution in [0.4, 0.5) is 5.69 Å². The Hall–Kier alpha value is -0.760. The zero-order chi connectivity index (χ0) is 12.0. The van der Waals surface area contributed by atoms with Crippen LogP contribution in [-0.2, 0) is 0 Å². The summed E-state index contributed by atoms with van der Waals surface area (Å²) in [6, 6.07) is 10.5. The van der Waals surface area contributed by atoms with E-state index in [4.69, 9.17) is 5.26 Å². The Morgan fingerprint density at radius 1 is 1.31 bits per heavy atom. The molecule has 0 radical (unpaired) electrons. The van der Waals surface area contributed by atoms with Crippen LogP contribution in [0.3, 0.4) is 0 Å². The molecule has 0 aliphatic rings. The minimum atomic E-state index is 0.165. The molecule has 0 unspecified atom stereocenters. The highest BCUT2D eigenvalue weighted by Crippen LogP contribution is 2.23. The summed E-state index contributed by atoms with van der Waals surface area (Å²) in [5.74, 6) is 0. The van der Waals surface area contributed by atoms with E-state index in [-0.39, 0.29) is 5.41 Å². The Bertz CT molecular complexity index is 363. The molecule has 0 saturated carbocycles. The highest BCUT2D eigenvalue weighted by molar-refractivity contribution is 14.1. The van der Waals surface area contributed by atoms with Gasteiger partial charge in [0.05, 0.1) is 6.07 Å². The van der Waals surface area contributed by atoms with Crippen LogP contribution in [0.15, 0.2) is 24.3 Å². The van der Waals surface area contributed by atoms with E-state index >= 15 is 0 Å². The standard InChI is InChI=1S/C13H17IN2/c1-13(2,8-3-9-15)10-16-12-6-4-11(14)5-7-12/h4-7,16H,3,8,10H2,1-2H3. The molecule has 1 rings (SSSR count). The molecule has 0 aliphatic carbocycles. The predicted molar refractivity (Wildman–Crippen MR) is 76.3 cm³/mol. The van der Waals surface area contributed by atoms with E-state index in [2.05, 4.69) is 72.1 Å². The van der Waals surface area contributed by atoms with Crippen LogP contribution in [-0.4, -0.2) is 6.54 Å². The molecule has 3 heteroatoms. The number of hydrogen-bond acceptors (Lipinski definition) is 2. The molecule has 86 valence electrons. The number of hydrogen-bond donors (Lipinski definition) is 1. The van der Waals surface area contributed by atoms with Crippen LogP contribution in [0.2, 0.25) is 0 Å². The minimum absolute atomic E-state index is 0.165. The average Bonchev–Trinajstić information content (AvgIpc) is 2.26. The molecule has 0 fully saturated rings. The molecule has 0 amide bonds. The van der Waals surface area contributed by atoms with Crippen LogP contribution in [0.25, 0.3) is 0 Å². The van der Waals surface area contributed by atoms with Crippen molar-refractivity contribution < 1.29 is 0 Å². The van der Waals surface area contributed by atoms with Gasteiger partial charge in [-0.15, -0.1) is 0 Å². The quantitative estimate of drug-likeness (QED) is 0.828. The first-order chi connectivity index (χ1) is 7.53. The zero-order valence-electron chi connectivity index (χ0n) is 9.76. The molecule has 0 aliphatic heterocycles. The molecule has 16 heavy (non-hydrogen) atoms. The first-order valence-electron chi connectivity index (χ1n) is 5.40. The Kier molecular flexibility index (Phi) is 5.07.